The minimum absolute atomic E-state index is 0.174. The number of amides is 4. The van der Waals surface area contributed by atoms with Gasteiger partial charge in [-0.05, 0) is 23.3 Å². The smallest absolute Gasteiger partial charge is 0.322 e. The molecule has 2 aromatic carbocycles. The van der Waals surface area contributed by atoms with Gasteiger partial charge in [0.1, 0.15) is 11.8 Å². The summed E-state index contributed by atoms with van der Waals surface area (Å²) >= 11 is 0. The normalized spacial score (nSPS) is 18.4. The number of nitrogens with zero attached hydrogens (tertiary/aromatic N) is 2. The Morgan fingerprint density at radius 2 is 1.77 bits per heavy atom. The SMILES string of the molecule is CN1C(=O)N[C@@H](c2ccccc2)C2=C1CN([C@H](Cc1ccccc1)C(=O)NCc1ccco1)C2=O. The average Bonchev–Trinajstić information content (AvgIpc) is 3.53. The molecule has 0 saturated heterocycles. The standard InChI is InChI=1S/C27H26N4O4/c1-30-22-17-31(26(33)23(22)24(29-27(30)34)19-11-6-3-7-12-19)21(15-18-9-4-2-5-10-18)25(32)28-16-20-13-8-14-35-20/h2-14,21,24H,15-17H2,1H3,(H,28,32)(H,29,34)/t21-,24+/m1/s1. The van der Waals surface area contributed by atoms with Crippen molar-refractivity contribution in [1.82, 2.24) is 20.4 Å². The number of carbonyl (C=O) groups is 3. The molecule has 3 aromatic rings. The maximum absolute atomic E-state index is 13.8. The first-order valence-electron chi connectivity index (χ1n) is 11.5. The van der Waals surface area contributed by atoms with E-state index in [0.717, 1.165) is 11.1 Å². The molecule has 0 saturated carbocycles. The second-order valence-corrected chi connectivity index (χ2v) is 8.65. The van der Waals surface area contributed by atoms with Gasteiger partial charge < -0.3 is 20.0 Å². The summed E-state index contributed by atoms with van der Waals surface area (Å²) in [5.41, 5.74) is 2.86. The lowest BCUT2D eigenvalue weighted by Gasteiger charge is -2.31. The Hall–Kier alpha value is -4.33. The molecule has 0 fully saturated rings. The van der Waals surface area contributed by atoms with Gasteiger partial charge in [0.05, 0.1) is 36.7 Å². The fourth-order valence-corrected chi connectivity index (χ4v) is 4.62. The summed E-state index contributed by atoms with van der Waals surface area (Å²) in [4.78, 5) is 43.0. The van der Waals surface area contributed by atoms with E-state index < -0.39 is 12.1 Å². The van der Waals surface area contributed by atoms with Crippen molar-refractivity contribution in [3.8, 4) is 0 Å². The van der Waals surface area contributed by atoms with Gasteiger partial charge in [0.2, 0.25) is 5.91 Å². The molecule has 8 heteroatoms. The van der Waals surface area contributed by atoms with Gasteiger partial charge >= 0.3 is 6.03 Å². The van der Waals surface area contributed by atoms with Gasteiger partial charge in [-0.25, -0.2) is 4.79 Å². The van der Waals surface area contributed by atoms with Crippen molar-refractivity contribution in [2.45, 2.75) is 25.0 Å². The van der Waals surface area contributed by atoms with E-state index >= 15 is 0 Å². The Labute approximate surface area is 203 Å². The minimum Gasteiger partial charge on any atom is -0.467 e. The van der Waals surface area contributed by atoms with Crippen LogP contribution in [0.5, 0.6) is 0 Å². The predicted molar refractivity (Wildman–Crippen MR) is 129 cm³/mol. The predicted octanol–water partition coefficient (Wildman–Crippen LogP) is 3.00. The molecule has 3 heterocycles. The van der Waals surface area contributed by atoms with Crippen LogP contribution in [0.1, 0.15) is 22.9 Å². The van der Waals surface area contributed by atoms with Crippen LogP contribution < -0.4 is 10.6 Å². The van der Waals surface area contributed by atoms with Crippen LogP contribution in [0.4, 0.5) is 4.79 Å². The van der Waals surface area contributed by atoms with Crippen LogP contribution in [0.3, 0.4) is 0 Å². The first-order valence-corrected chi connectivity index (χ1v) is 11.5. The Balaban J connectivity index is 1.45. The molecule has 0 spiro atoms. The third-order valence-corrected chi connectivity index (χ3v) is 6.49. The van der Waals surface area contributed by atoms with Gasteiger partial charge in [0.15, 0.2) is 0 Å². The largest absolute Gasteiger partial charge is 0.467 e. The molecule has 8 nitrogen and oxygen atoms in total. The van der Waals surface area contributed by atoms with Crippen LogP contribution >= 0.6 is 0 Å². The van der Waals surface area contributed by atoms with E-state index in [9.17, 15) is 14.4 Å². The maximum atomic E-state index is 13.8. The van der Waals surface area contributed by atoms with Gasteiger partial charge in [-0.3, -0.25) is 14.5 Å². The highest BCUT2D eigenvalue weighted by atomic mass is 16.3. The molecule has 35 heavy (non-hydrogen) atoms. The number of rotatable bonds is 7. The van der Waals surface area contributed by atoms with Gasteiger partial charge in [-0.15, -0.1) is 0 Å². The number of likely N-dealkylation sites (N-methyl/N-ethyl adjacent to an activating group) is 1. The van der Waals surface area contributed by atoms with E-state index in [1.165, 1.54) is 4.90 Å². The number of hydrogen-bond acceptors (Lipinski definition) is 4. The maximum Gasteiger partial charge on any atom is 0.322 e. The molecule has 2 N–H and O–H groups in total. The molecule has 0 bridgehead atoms. The second kappa shape index (κ2) is 9.50. The van der Waals surface area contributed by atoms with Crippen LogP contribution in [-0.2, 0) is 22.6 Å². The van der Waals surface area contributed by atoms with Crippen molar-refractivity contribution in [3.05, 3.63) is 107 Å². The van der Waals surface area contributed by atoms with Crippen molar-refractivity contribution < 1.29 is 18.8 Å². The summed E-state index contributed by atoms with van der Waals surface area (Å²) in [5, 5.41) is 5.84. The van der Waals surface area contributed by atoms with Crippen molar-refractivity contribution in [1.29, 1.82) is 0 Å². The second-order valence-electron chi connectivity index (χ2n) is 8.65. The molecule has 0 aliphatic carbocycles. The number of benzene rings is 2. The summed E-state index contributed by atoms with van der Waals surface area (Å²) in [5.74, 6) is 0.0899. The third-order valence-electron chi connectivity index (χ3n) is 6.49. The fourth-order valence-electron chi connectivity index (χ4n) is 4.62. The first kappa shape index (κ1) is 22.5. The van der Waals surface area contributed by atoms with E-state index in [1.807, 2.05) is 60.7 Å². The van der Waals surface area contributed by atoms with Gasteiger partial charge in [0.25, 0.3) is 5.91 Å². The highest BCUT2D eigenvalue weighted by molar-refractivity contribution is 6.03. The van der Waals surface area contributed by atoms with Crippen LogP contribution in [0, 0.1) is 0 Å². The minimum atomic E-state index is -0.759. The summed E-state index contributed by atoms with van der Waals surface area (Å²) in [6.07, 6.45) is 1.90. The monoisotopic (exact) mass is 470 g/mol. The third kappa shape index (κ3) is 4.42. The number of urea groups is 1. The summed E-state index contributed by atoms with van der Waals surface area (Å²) in [6.45, 7) is 0.395. The van der Waals surface area contributed by atoms with Gasteiger partial charge in [0, 0.05) is 13.5 Å². The Morgan fingerprint density at radius 1 is 1.06 bits per heavy atom. The van der Waals surface area contributed by atoms with E-state index in [-0.39, 0.29) is 30.9 Å². The molecule has 4 amide bonds. The summed E-state index contributed by atoms with van der Waals surface area (Å²) in [6, 6.07) is 20.9. The zero-order chi connectivity index (χ0) is 24.4. The Kier molecular flexibility index (Phi) is 6.10. The number of carbonyl (C=O) groups excluding carboxylic acids is 3. The van der Waals surface area contributed by atoms with Crippen LogP contribution in [0.25, 0.3) is 0 Å². The molecule has 1 aromatic heterocycles. The van der Waals surface area contributed by atoms with Crippen molar-refractivity contribution in [3.63, 3.8) is 0 Å². The Morgan fingerprint density at radius 3 is 2.46 bits per heavy atom. The van der Waals surface area contributed by atoms with Crippen molar-refractivity contribution in [2.24, 2.45) is 0 Å². The zero-order valence-electron chi connectivity index (χ0n) is 19.3. The highest BCUT2D eigenvalue weighted by Gasteiger charge is 2.46. The number of nitrogens with one attached hydrogen (secondary N) is 2. The molecule has 178 valence electrons. The molecule has 2 atom stereocenters. The Bertz CT molecular complexity index is 1250. The fraction of sp³-hybridized carbons (Fsp3) is 0.222. The lowest BCUT2D eigenvalue weighted by atomic mass is 9.95. The molecule has 2 aliphatic heterocycles. The van der Waals surface area contributed by atoms with Crippen LogP contribution in [0.2, 0.25) is 0 Å². The quantitative estimate of drug-likeness (QED) is 0.555. The molecule has 2 aliphatic rings. The first-order chi connectivity index (χ1) is 17.0. The zero-order valence-corrected chi connectivity index (χ0v) is 19.3. The summed E-state index contributed by atoms with van der Waals surface area (Å²) in [7, 11) is 1.64. The van der Waals surface area contributed by atoms with E-state index in [0.29, 0.717) is 23.5 Å². The van der Waals surface area contributed by atoms with E-state index in [2.05, 4.69) is 10.6 Å². The van der Waals surface area contributed by atoms with Crippen LogP contribution in [-0.4, -0.2) is 47.3 Å². The number of hydrogen-bond donors (Lipinski definition) is 2. The molecular formula is C27H26N4O4. The topological polar surface area (TPSA) is 94.9 Å². The van der Waals surface area contributed by atoms with Crippen LogP contribution in [0.15, 0.2) is 94.7 Å². The molecular weight excluding hydrogens is 444 g/mol. The lowest BCUT2D eigenvalue weighted by Crippen LogP contribution is -2.49. The van der Waals surface area contributed by atoms with Crippen molar-refractivity contribution in [2.75, 3.05) is 13.6 Å². The average molecular weight is 471 g/mol. The van der Waals surface area contributed by atoms with E-state index in [4.69, 9.17) is 4.42 Å². The van der Waals surface area contributed by atoms with Gasteiger partial charge in [-0.2, -0.15) is 0 Å². The van der Waals surface area contributed by atoms with E-state index in [1.54, 1.807) is 30.3 Å². The molecule has 0 unspecified atom stereocenters. The number of furan rings is 1. The van der Waals surface area contributed by atoms with Crippen molar-refractivity contribution >= 4 is 17.8 Å². The molecule has 5 rings (SSSR count). The lowest BCUT2D eigenvalue weighted by molar-refractivity contribution is -0.136. The molecule has 0 radical (unpaired) electrons. The summed E-state index contributed by atoms with van der Waals surface area (Å²) < 4.78 is 5.34. The van der Waals surface area contributed by atoms with Gasteiger partial charge in [-0.1, -0.05) is 60.7 Å². The highest BCUT2D eigenvalue weighted by Crippen LogP contribution is 2.36.